The van der Waals surface area contributed by atoms with Crippen molar-refractivity contribution < 1.29 is 32.8 Å². The van der Waals surface area contributed by atoms with Crippen LogP contribution in [0, 0.1) is 5.82 Å². The number of halogens is 1. The first-order valence-electron chi connectivity index (χ1n) is 16.1. The third-order valence-corrected chi connectivity index (χ3v) is 7.58. The quantitative estimate of drug-likeness (QED) is 0.228. The predicted octanol–water partition coefficient (Wildman–Crippen LogP) is 2.95. The number of benzene rings is 1. The maximum atomic E-state index is 14.5. The third-order valence-electron chi connectivity index (χ3n) is 7.58. The van der Waals surface area contributed by atoms with Crippen LogP contribution < -0.4 is 44.4 Å². The zero-order valence-corrected chi connectivity index (χ0v) is 28.5. The monoisotopic (exact) mass is 674 g/mol. The molecule has 3 aromatic rings. The number of likely N-dealkylation sites (tertiary alicyclic amines) is 1. The highest BCUT2D eigenvalue weighted by atomic mass is 19.1. The second-order valence-corrected chi connectivity index (χ2v) is 10.9. The second kappa shape index (κ2) is 18.7. The van der Waals surface area contributed by atoms with Gasteiger partial charge in [-0.1, -0.05) is 0 Å². The summed E-state index contributed by atoms with van der Waals surface area (Å²) in [5.41, 5.74) is 0.964. The number of nitrogens with zero attached hydrogens (tertiary/aromatic N) is 7. The number of piperidine rings is 2. The molecule has 2 saturated heterocycles. The number of nitrogens with one attached hydrogen (secondary N) is 3. The van der Waals surface area contributed by atoms with Crippen LogP contribution in [0.5, 0.6) is 35.5 Å². The van der Waals surface area contributed by atoms with Crippen molar-refractivity contribution in [3.8, 4) is 35.5 Å². The SMILES string of the molecule is CCOc1cc(CN2CCC(Nc3nc(OC)nc(OC)n3)CC2)cc(OCC)c1F.COc1nc(NC2CCNCC2)nc(OC)n1. The van der Waals surface area contributed by atoms with Gasteiger partial charge in [-0.3, -0.25) is 4.90 Å². The van der Waals surface area contributed by atoms with Gasteiger partial charge in [-0.2, -0.15) is 24.3 Å². The maximum absolute atomic E-state index is 14.5. The zero-order valence-electron chi connectivity index (χ0n) is 28.5. The molecule has 17 heteroatoms. The van der Waals surface area contributed by atoms with E-state index in [0.717, 1.165) is 57.4 Å². The highest BCUT2D eigenvalue weighted by Crippen LogP contribution is 2.30. The summed E-state index contributed by atoms with van der Waals surface area (Å²) in [7, 11) is 6.03. The molecule has 48 heavy (non-hydrogen) atoms. The summed E-state index contributed by atoms with van der Waals surface area (Å²) < 4.78 is 45.5. The molecule has 0 aliphatic carbocycles. The summed E-state index contributed by atoms with van der Waals surface area (Å²) in [5, 5.41) is 9.91. The minimum absolute atomic E-state index is 0.207. The van der Waals surface area contributed by atoms with Crippen LogP contribution in [0.2, 0.25) is 0 Å². The van der Waals surface area contributed by atoms with Gasteiger partial charge in [0, 0.05) is 31.7 Å². The topological polar surface area (TPSA) is 172 Å². The Hall–Kier alpha value is -4.51. The molecule has 2 aliphatic rings. The lowest BCUT2D eigenvalue weighted by Gasteiger charge is -2.32. The molecular weight excluding hydrogens is 627 g/mol. The highest BCUT2D eigenvalue weighted by molar-refractivity contribution is 5.40. The molecule has 5 rings (SSSR count). The molecule has 16 nitrogen and oxygen atoms in total. The van der Waals surface area contributed by atoms with E-state index >= 15 is 0 Å². The number of aromatic nitrogens is 6. The van der Waals surface area contributed by atoms with Gasteiger partial charge in [0.15, 0.2) is 11.5 Å². The molecule has 4 heterocycles. The molecule has 0 saturated carbocycles. The predicted molar refractivity (Wildman–Crippen MR) is 176 cm³/mol. The smallest absolute Gasteiger partial charge is 0.324 e. The molecule has 2 fully saturated rings. The standard InChI is InChI=1S/C21H30FN5O4.C10H17N5O2/c1-5-30-16-11-14(12-17(18(16)22)31-6-2)13-27-9-7-15(8-10-27)23-19-24-20(28-3)26-21(25-19)29-4;1-16-9-13-8(14-10(15-9)17-2)12-7-3-5-11-6-4-7/h11-12,15H,5-10,13H2,1-4H3,(H,23,24,25,26);7,11H,3-6H2,1-2H3,(H,12,13,14,15). The van der Waals surface area contributed by atoms with Crippen LogP contribution in [0.1, 0.15) is 45.1 Å². The number of rotatable bonds is 14. The molecule has 0 radical (unpaired) electrons. The summed E-state index contributed by atoms with van der Waals surface area (Å²) in [4.78, 5) is 27.0. The van der Waals surface area contributed by atoms with Crippen molar-refractivity contribution in [2.24, 2.45) is 0 Å². The summed E-state index contributed by atoms with van der Waals surface area (Å²) in [6.45, 7) is 8.94. The van der Waals surface area contributed by atoms with Gasteiger partial charge in [0.2, 0.25) is 17.7 Å². The lowest BCUT2D eigenvalue weighted by molar-refractivity contribution is 0.209. The first kappa shape index (κ1) is 36.3. The van der Waals surface area contributed by atoms with Crippen LogP contribution in [-0.2, 0) is 6.54 Å². The van der Waals surface area contributed by atoms with E-state index < -0.39 is 5.82 Å². The first-order chi connectivity index (χ1) is 23.4. The minimum Gasteiger partial charge on any atom is -0.491 e. The van der Waals surface area contributed by atoms with Gasteiger partial charge < -0.3 is 44.4 Å². The molecule has 3 N–H and O–H groups in total. The number of hydrogen-bond acceptors (Lipinski definition) is 16. The van der Waals surface area contributed by atoms with Gasteiger partial charge in [-0.25, -0.2) is 0 Å². The van der Waals surface area contributed by atoms with Crippen LogP contribution in [0.3, 0.4) is 0 Å². The summed E-state index contributed by atoms with van der Waals surface area (Å²) in [6.07, 6.45) is 3.93. The van der Waals surface area contributed by atoms with E-state index in [1.54, 1.807) is 12.1 Å². The number of hydrogen-bond donors (Lipinski definition) is 3. The largest absolute Gasteiger partial charge is 0.491 e. The lowest BCUT2D eigenvalue weighted by Crippen LogP contribution is -2.39. The molecule has 0 bridgehead atoms. The van der Waals surface area contributed by atoms with Crippen molar-refractivity contribution in [3.05, 3.63) is 23.5 Å². The summed E-state index contributed by atoms with van der Waals surface area (Å²) in [6, 6.07) is 5.05. The molecule has 0 unspecified atom stereocenters. The van der Waals surface area contributed by atoms with Crippen molar-refractivity contribution in [2.45, 2.75) is 58.2 Å². The average molecular weight is 675 g/mol. The van der Waals surface area contributed by atoms with Crippen LogP contribution in [-0.4, -0.2) is 115 Å². The van der Waals surface area contributed by atoms with E-state index in [-0.39, 0.29) is 41.6 Å². The van der Waals surface area contributed by atoms with Gasteiger partial charge in [0.05, 0.1) is 41.7 Å². The van der Waals surface area contributed by atoms with Gasteiger partial charge in [0.1, 0.15) is 0 Å². The fourth-order valence-corrected chi connectivity index (χ4v) is 5.23. The van der Waals surface area contributed by atoms with Gasteiger partial charge in [0.25, 0.3) is 0 Å². The minimum atomic E-state index is -0.446. The summed E-state index contributed by atoms with van der Waals surface area (Å²) in [5.74, 6) is 0.957. The Balaban J connectivity index is 0.000000257. The molecule has 1 aromatic carbocycles. The fraction of sp³-hybridized carbons (Fsp3) is 0.613. The van der Waals surface area contributed by atoms with E-state index in [1.807, 2.05) is 13.8 Å². The second-order valence-electron chi connectivity index (χ2n) is 10.9. The number of methoxy groups -OCH3 is 4. The van der Waals surface area contributed by atoms with Crippen LogP contribution in [0.25, 0.3) is 0 Å². The Morgan fingerprint density at radius 1 is 0.688 bits per heavy atom. The molecule has 2 aromatic heterocycles. The maximum Gasteiger partial charge on any atom is 0.324 e. The van der Waals surface area contributed by atoms with E-state index in [9.17, 15) is 4.39 Å². The highest BCUT2D eigenvalue weighted by Gasteiger charge is 2.22. The molecule has 0 amide bonds. The average Bonchev–Trinajstić information content (AvgIpc) is 3.11. The van der Waals surface area contributed by atoms with Crippen LogP contribution in [0.15, 0.2) is 12.1 Å². The van der Waals surface area contributed by atoms with E-state index in [0.29, 0.717) is 37.7 Å². The van der Waals surface area contributed by atoms with Crippen LogP contribution >= 0.6 is 0 Å². The Morgan fingerprint density at radius 2 is 1.10 bits per heavy atom. The summed E-state index contributed by atoms with van der Waals surface area (Å²) >= 11 is 0. The van der Waals surface area contributed by atoms with Crippen molar-refractivity contribution >= 4 is 11.9 Å². The fourth-order valence-electron chi connectivity index (χ4n) is 5.23. The molecule has 2 aliphatic heterocycles. The van der Waals surface area contributed by atoms with Crippen molar-refractivity contribution in [3.63, 3.8) is 0 Å². The number of ether oxygens (including phenoxy) is 6. The van der Waals surface area contributed by atoms with Gasteiger partial charge in [-0.15, -0.1) is 9.97 Å². The normalized spacial score (nSPS) is 15.5. The van der Waals surface area contributed by atoms with Gasteiger partial charge >= 0.3 is 24.0 Å². The molecular formula is C31H47FN10O6. The van der Waals surface area contributed by atoms with Crippen molar-refractivity contribution in [1.29, 1.82) is 0 Å². The molecule has 0 atom stereocenters. The van der Waals surface area contributed by atoms with Crippen molar-refractivity contribution in [1.82, 2.24) is 40.1 Å². The van der Waals surface area contributed by atoms with Gasteiger partial charge in [-0.05, 0) is 70.3 Å². The molecule has 0 spiro atoms. The van der Waals surface area contributed by atoms with E-state index in [2.05, 4.69) is 50.8 Å². The van der Waals surface area contributed by atoms with E-state index in [1.165, 1.54) is 28.4 Å². The Bertz CT molecular complexity index is 1360. The number of anilines is 2. The zero-order chi connectivity index (χ0) is 34.3. The Morgan fingerprint density at radius 3 is 1.50 bits per heavy atom. The molecule has 264 valence electrons. The first-order valence-corrected chi connectivity index (χ1v) is 16.1. The third kappa shape index (κ3) is 10.8. The van der Waals surface area contributed by atoms with E-state index in [4.69, 9.17) is 28.4 Å². The lowest BCUT2D eigenvalue weighted by atomic mass is 10.0. The van der Waals surface area contributed by atoms with Crippen LogP contribution in [0.4, 0.5) is 16.3 Å². The van der Waals surface area contributed by atoms with Crippen molar-refractivity contribution in [2.75, 3.05) is 78.5 Å². The Labute approximate surface area is 280 Å². The Kier molecular flexibility index (Phi) is 14.2.